The molecule has 0 bridgehead atoms. The first-order chi connectivity index (χ1) is 13.2. The first kappa shape index (κ1) is 16.5. The number of nitrogens with zero attached hydrogens (tertiary/aromatic N) is 4. The molecule has 3 aromatic rings. The highest BCUT2D eigenvalue weighted by Crippen LogP contribution is 2.34. The van der Waals surface area contributed by atoms with Gasteiger partial charge in [-0.05, 0) is 50.7 Å². The Bertz CT molecular complexity index is 1000. The Morgan fingerprint density at radius 1 is 1.15 bits per heavy atom. The molecule has 1 saturated heterocycles. The van der Waals surface area contributed by atoms with E-state index in [1.54, 1.807) is 0 Å². The molecule has 1 atom stereocenters. The Labute approximate surface area is 158 Å². The van der Waals surface area contributed by atoms with E-state index in [4.69, 9.17) is 4.98 Å². The van der Waals surface area contributed by atoms with Crippen LogP contribution in [0, 0.1) is 0 Å². The van der Waals surface area contributed by atoms with E-state index in [2.05, 4.69) is 20.8 Å². The summed E-state index contributed by atoms with van der Waals surface area (Å²) in [5, 5.41) is 7.57. The van der Waals surface area contributed by atoms with Gasteiger partial charge in [0.15, 0.2) is 5.69 Å². The van der Waals surface area contributed by atoms with Crippen LogP contribution < -0.4 is 0 Å². The van der Waals surface area contributed by atoms with Crippen molar-refractivity contribution in [3.8, 4) is 0 Å². The van der Waals surface area contributed by atoms with Crippen LogP contribution in [0.4, 0.5) is 0 Å². The number of aryl methyl sites for hydroxylation is 2. The van der Waals surface area contributed by atoms with Gasteiger partial charge in [0.2, 0.25) is 0 Å². The van der Waals surface area contributed by atoms with Crippen LogP contribution in [0.2, 0.25) is 0 Å². The maximum absolute atomic E-state index is 13.4. The molecule has 3 heterocycles. The van der Waals surface area contributed by atoms with Crippen LogP contribution in [0.25, 0.3) is 11.0 Å². The number of aromatic nitrogens is 4. The minimum Gasteiger partial charge on any atom is -0.329 e. The summed E-state index contributed by atoms with van der Waals surface area (Å²) in [5.74, 6) is 1.03. The van der Waals surface area contributed by atoms with Crippen molar-refractivity contribution in [3.05, 3.63) is 47.0 Å². The topological polar surface area (TPSA) is 66.8 Å². The number of carbonyl (C=O) groups excluding carboxylic acids is 1. The Kier molecular flexibility index (Phi) is 3.99. The third-order valence-corrected chi connectivity index (χ3v) is 6.14. The third kappa shape index (κ3) is 2.66. The third-order valence-electron chi connectivity index (χ3n) is 6.14. The number of imidazole rings is 1. The Hall–Kier alpha value is -2.63. The molecule has 1 fully saturated rings. The second kappa shape index (κ2) is 6.51. The molecule has 140 valence electrons. The van der Waals surface area contributed by atoms with Gasteiger partial charge in [-0.2, -0.15) is 5.10 Å². The zero-order chi connectivity index (χ0) is 18.4. The predicted octanol–water partition coefficient (Wildman–Crippen LogP) is 3.54. The van der Waals surface area contributed by atoms with Crippen LogP contribution in [0.5, 0.6) is 0 Å². The molecule has 1 aliphatic carbocycles. The van der Waals surface area contributed by atoms with Gasteiger partial charge in [0, 0.05) is 24.8 Å². The molecule has 1 aliphatic heterocycles. The summed E-state index contributed by atoms with van der Waals surface area (Å²) < 4.78 is 2.14. The summed E-state index contributed by atoms with van der Waals surface area (Å²) in [6.45, 7) is 0.772. The van der Waals surface area contributed by atoms with Crippen LogP contribution in [-0.4, -0.2) is 37.1 Å². The second-order valence-corrected chi connectivity index (χ2v) is 7.76. The van der Waals surface area contributed by atoms with Crippen LogP contribution in [0.1, 0.15) is 65.7 Å². The van der Waals surface area contributed by atoms with Gasteiger partial charge in [-0.3, -0.25) is 9.89 Å². The number of H-pyrrole nitrogens is 1. The highest BCUT2D eigenvalue weighted by Gasteiger charge is 2.36. The maximum Gasteiger partial charge on any atom is 0.275 e. The molecular formula is C21H25N5O. The van der Waals surface area contributed by atoms with Gasteiger partial charge in [-0.15, -0.1) is 0 Å². The van der Waals surface area contributed by atoms with E-state index in [9.17, 15) is 4.79 Å². The predicted molar refractivity (Wildman–Crippen MR) is 104 cm³/mol. The van der Waals surface area contributed by atoms with Gasteiger partial charge in [0.1, 0.15) is 5.82 Å². The Morgan fingerprint density at radius 3 is 2.89 bits per heavy atom. The fraction of sp³-hybridized carbons (Fsp3) is 0.476. The molecule has 1 N–H and O–H groups in total. The largest absolute Gasteiger partial charge is 0.329 e. The number of para-hydroxylation sites is 2. The van der Waals surface area contributed by atoms with Gasteiger partial charge in [-0.1, -0.05) is 18.6 Å². The van der Waals surface area contributed by atoms with E-state index in [1.165, 1.54) is 12.8 Å². The van der Waals surface area contributed by atoms with Gasteiger partial charge in [0.05, 0.1) is 17.1 Å². The van der Waals surface area contributed by atoms with Crippen molar-refractivity contribution < 1.29 is 4.79 Å². The van der Waals surface area contributed by atoms with E-state index in [1.807, 2.05) is 30.1 Å². The van der Waals surface area contributed by atoms with Crippen LogP contribution >= 0.6 is 0 Å². The summed E-state index contributed by atoms with van der Waals surface area (Å²) in [7, 11) is 2.05. The zero-order valence-electron chi connectivity index (χ0n) is 15.7. The van der Waals surface area contributed by atoms with Crippen molar-refractivity contribution in [2.75, 3.05) is 6.54 Å². The van der Waals surface area contributed by atoms with Crippen molar-refractivity contribution in [2.24, 2.45) is 7.05 Å². The highest BCUT2D eigenvalue weighted by atomic mass is 16.2. The normalized spacial score (nSPS) is 20.0. The van der Waals surface area contributed by atoms with Crippen molar-refractivity contribution in [1.82, 2.24) is 24.6 Å². The molecular weight excluding hydrogens is 338 g/mol. The van der Waals surface area contributed by atoms with E-state index in [0.717, 1.165) is 66.8 Å². The highest BCUT2D eigenvalue weighted by molar-refractivity contribution is 5.94. The summed E-state index contributed by atoms with van der Waals surface area (Å²) >= 11 is 0. The molecule has 6 heteroatoms. The van der Waals surface area contributed by atoms with E-state index < -0.39 is 0 Å². The number of fused-ring (bicyclic) bond motifs is 2. The molecule has 0 radical (unpaired) electrons. The SMILES string of the molecule is Cn1c([C@@H]2CCCN2C(=O)c2n[nH]c3c2CCCCC3)nc2ccccc21. The van der Waals surface area contributed by atoms with Crippen LogP contribution in [0.3, 0.4) is 0 Å². The lowest BCUT2D eigenvalue weighted by Crippen LogP contribution is -2.32. The molecule has 0 saturated carbocycles. The minimum atomic E-state index is 0.0213. The molecule has 0 unspecified atom stereocenters. The standard InChI is InChI=1S/C21H25N5O/c1-25-17-11-6-5-10-16(17)22-20(25)18-12-7-13-26(18)21(27)19-14-8-3-2-4-9-15(14)23-24-19/h5-6,10-11,18H,2-4,7-9,12-13H2,1H3,(H,23,24)/t18-/m0/s1. The number of nitrogens with one attached hydrogen (secondary N) is 1. The number of carbonyl (C=O) groups is 1. The summed E-state index contributed by atoms with van der Waals surface area (Å²) in [5.41, 5.74) is 5.04. The van der Waals surface area contributed by atoms with Crippen LogP contribution in [0.15, 0.2) is 24.3 Å². The number of likely N-dealkylation sites (tertiary alicyclic amines) is 1. The molecule has 1 aromatic carbocycles. The Balaban J connectivity index is 1.50. The number of aromatic amines is 1. The van der Waals surface area contributed by atoms with E-state index >= 15 is 0 Å². The molecule has 2 aliphatic rings. The molecule has 27 heavy (non-hydrogen) atoms. The quantitative estimate of drug-likeness (QED) is 0.708. The van der Waals surface area contributed by atoms with Crippen molar-refractivity contribution >= 4 is 16.9 Å². The van der Waals surface area contributed by atoms with Crippen molar-refractivity contribution in [2.45, 2.75) is 51.0 Å². The van der Waals surface area contributed by atoms with Gasteiger partial charge in [0.25, 0.3) is 5.91 Å². The fourth-order valence-electron chi connectivity index (χ4n) is 4.71. The first-order valence-corrected chi connectivity index (χ1v) is 10.0. The molecule has 2 aromatic heterocycles. The average molecular weight is 363 g/mol. The number of rotatable bonds is 2. The second-order valence-electron chi connectivity index (χ2n) is 7.76. The number of amides is 1. The summed E-state index contributed by atoms with van der Waals surface area (Å²) in [6, 6.07) is 8.18. The van der Waals surface area contributed by atoms with Crippen molar-refractivity contribution in [1.29, 1.82) is 0 Å². The Morgan fingerprint density at radius 2 is 2.00 bits per heavy atom. The average Bonchev–Trinajstić information content (AvgIpc) is 3.36. The minimum absolute atomic E-state index is 0.0213. The number of hydrogen-bond donors (Lipinski definition) is 1. The maximum atomic E-state index is 13.4. The lowest BCUT2D eigenvalue weighted by atomic mass is 10.1. The van der Waals surface area contributed by atoms with Gasteiger partial charge >= 0.3 is 0 Å². The molecule has 6 nitrogen and oxygen atoms in total. The van der Waals surface area contributed by atoms with E-state index in [0.29, 0.717) is 5.69 Å². The number of hydrogen-bond acceptors (Lipinski definition) is 3. The first-order valence-electron chi connectivity index (χ1n) is 10.0. The van der Waals surface area contributed by atoms with Gasteiger partial charge < -0.3 is 9.47 Å². The van der Waals surface area contributed by atoms with Crippen molar-refractivity contribution in [3.63, 3.8) is 0 Å². The van der Waals surface area contributed by atoms with E-state index in [-0.39, 0.29) is 11.9 Å². The zero-order valence-corrected chi connectivity index (χ0v) is 15.7. The molecule has 0 spiro atoms. The molecule has 5 rings (SSSR count). The van der Waals surface area contributed by atoms with Gasteiger partial charge in [-0.25, -0.2) is 4.98 Å². The fourth-order valence-corrected chi connectivity index (χ4v) is 4.71. The molecule has 1 amide bonds. The number of benzene rings is 1. The lowest BCUT2D eigenvalue weighted by molar-refractivity contribution is 0.0721. The smallest absolute Gasteiger partial charge is 0.275 e. The lowest BCUT2D eigenvalue weighted by Gasteiger charge is -2.24. The van der Waals surface area contributed by atoms with Crippen LogP contribution in [-0.2, 0) is 19.9 Å². The summed E-state index contributed by atoms with van der Waals surface area (Å²) in [4.78, 5) is 20.2. The monoisotopic (exact) mass is 363 g/mol. The summed E-state index contributed by atoms with van der Waals surface area (Å²) in [6.07, 6.45) is 7.46.